The molecule has 0 spiro atoms. The number of rotatable bonds is 3. The molecule has 5 rings (SSSR count). The third-order valence-corrected chi connectivity index (χ3v) is 5.86. The first-order chi connectivity index (χ1) is 13.7. The molecule has 2 aliphatic heterocycles. The van der Waals surface area contributed by atoms with Crippen molar-refractivity contribution >= 4 is 16.9 Å². The first-order valence-corrected chi connectivity index (χ1v) is 9.62. The molecule has 7 heteroatoms. The molecule has 2 aromatic carbocycles. The van der Waals surface area contributed by atoms with E-state index in [4.69, 9.17) is 4.74 Å². The number of piperidine rings is 1. The highest BCUT2D eigenvalue weighted by Gasteiger charge is 2.42. The van der Waals surface area contributed by atoms with Crippen LogP contribution in [0.15, 0.2) is 48.5 Å². The second-order valence-electron chi connectivity index (χ2n) is 7.42. The molecule has 0 aliphatic carbocycles. The van der Waals surface area contributed by atoms with Crippen LogP contribution >= 0.6 is 0 Å². The SMILES string of the molecule is COc1ccccc1C1NNC2CCN(C(=O)c3nc4ccccc4[nH]3)CC21. The number of hydrazine groups is 1. The first-order valence-electron chi connectivity index (χ1n) is 9.62. The van der Waals surface area contributed by atoms with E-state index in [0.717, 1.165) is 28.8 Å². The third-order valence-electron chi connectivity index (χ3n) is 5.86. The van der Waals surface area contributed by atoms with Crippen molar-refractivity contribution in [3.05, 3.63) is 59.9 Å². The fourth-order valence-electron chi connectivity index (χ4n) is 4.42. The lowest BCUT2D eigenvalue weighted by Crippen LogP contribution is -2.48. The lowest BCUT2D eigenvalue weighted by atomic mass is 9.84. The number of benzene rings is 2. The summed E-state index contributed by atoms with van der Waals surface area (Å²) in [5, 5.41) is 0. The van der Waals surface area contributed by atoms with Crippen LogP contribution in [0.5, 0.6) is 5.75 Å². The summed E-state index contributed by atoms with van der Waals surface area (Å²) in [6, 6.07) is 16.2. The molecule has 7 nitrogen and oxygen atoms in total. The van der Waals surface area contributed by atoms with Crippen LogP contribution in [0.2, 0.25) is 0 Å². The number of nitrogens with zero attached hydrogens (tertiary/aromatic N) is 2. The van der Waals surface area contributed by atoms with Gasteiger partial charge in [0.05, 0.1) is 24.2 Å². The van der Waals surface area contributed by atoms with Gasteiger partial charge in [0.1, 0.15) is 5.75 Å². The average molecular weight is 377 g/mol. The number of aromatic amines is 1. The summed E-state index contributed by atoms with van der Waals surface area (Å²) in [6.45, 7) is 1.38. The summed E-state index contributed by atoms with van der Waals surface area (Å²) in [5.41, 5.74) is 9.65. The highest BCUT2D eigenvalue weighted by Crippen LogP contribution is 2.37. The van der Waals surface area contributed by atoms with Crippen LogP contribution in [0.4, 0.5) is 0 Å². The molecule has 144 valence electrons. The molecular weight excluding hydrogens is 354 g/mol. The van der Waals surface area contributed by atoms with Crippen molar-refractivity contribution in [1.82, 2.24) is 25.7 Å². The topological polar surface area (TPSA) is 82.3 Å². The maximum Gasteiger partial charge on any atom is 0.289 e. The zero-order valence-corrected chi connectivity index (χ0v) is 15.7. The van der Waals surface area contributed by atoms with Crippen molar-refractivity contribution < 1.29 is 9.53 Å². The summed E-state index contributed by atoms with van der Waals surface area (Å²) in [5.74, 6) is 1.49. The largest absolute Gasteiger partial charge is 0.496 e. The number of carbonyl (C=O) groups excluding carboxylic acids is 1. The Labute approximate surface area is 163 Å². The average Bonchev–Trinajstić information content (AvgIpc) is 3.36. The van der Waals surface area contributed by atoms with Crippen LogP contribution in [-0.4, -0.2) is 47.0 Å². The monoisotopic (exact) mass is 377 g/mol. The highest BCUT2D eigenvalue weighted by atomic mass is 16.5. The molecule has 0 bridgehead atoms. The Morgan fingerprint density at radius 2 is 1.96 bits per heavy atom. The molecule has 3 N–H and O–H groups in total. The second-order valence-corrected chi connectivity index (χ2v) is 7.42. The molecule has 2 fully saturated rings. The number of hydrogen-bond acceptors (Lipinski definition) is 5. The molecular formula is C21H23N5O2. The number of ether oxygens (including phenoxy) is 1. The highest BCUT2D eigenvalue weighted by molar-refractivity contribution is 5.94. The number of fused-ring (bicyclic) bond motifs is 2. The summed E-state index contributed by atoms with van der Waals surface area (Å²) >= 11 is 0. The number of hydrogen-bond donors (Lipinski definition) is 3. The van der Waals surface area contributed by atoms with Crippen molar-refractivity contribution in [1.29, 1.82) is 0 Å². The van der Waals surface area contributed by atoms with Crippen molar-refractivity contribution in [2.45, 2.75) is 18.5 Å². The minimum absolute atomic E-state index is 0.0414. The van der Waals surface area contributed by atoms with E-state index >= 15 is 0 Å². The normalized spacial score (nSPS) is 24.3. The molecule has 0 saturated carbocycles. The van der Waals surface area contributed by atoms with Gasteiger partial charge >= 0.3 is 0 Å². The Hall–Kier alpha value is -2.90. The third kappa shape index (κ3) is 2.83. The van der Waals surface area contributed by atoms with Crippen LogP contribution in [0.3, 0.4) is 0 Å². The van der Waals surface area contributed by atoms with E-state index in [2.05, 4.69) is 26.9 Å². The minimum Gasteiger partial charge on any atom is -0.496 e. The van der Waals surface area contributed by atoms with Gasteiger partial charge in [-0.05, 0) is 24.6 Å². The zero-order valence-electron chi connectivity index (χ0n) is 15.7. The number of para-hydroxylation sites is 3. The van der Waals surface area contributed by atoms with E-state index in [1.807, 2.05) is 47.4 Å². The van der Waals surface area contributed by atoms with Gasteiger partial charge in [0.15, 0.2) is 5.82 Å². The molecule has 0 radical (unpaired) electrons. The lowest BCUT2D eigenvalue weighted by molar-refractivity contribution is 0.0641. The Balaban J connectivity index is 1.39. The number of imidazole rings is 1. The predicted molar refractivity (Wildman–Crippen MR) is 106 cm³/mol. The number of amides is 1. The number of aromatic nitrogens is 2. The number of nitrogens with one attached hydrogen (secondary N) is 3. The van der Waals surface area contributed by atoms with Crippen LogP contribution in [-0.2, 0) is 0 Å². The second kappa shape index (κ2) is 6.92. The molecule has 3 heterocycles. The van der Waals surface area contributed by atoms with Gasteiger partial charge in [-0.3, -0.25) is 10.2 Å². The fourth-order valence-corrected chi connectivity index (χ4v) is 4.42. The van der Waals surface area contributed by atoms with Crippen LogP contribution < -0.4 is 15.6 Å². The number of methoxy groups -OCH3 is 1. The summed E-state index contributed by atoms with van der Waals surface area (Å²) in [6.07, 6.45) is 0.898. The Morgan fingerprint density at radius 3 is 2.82 bits per heavy atom. The Bertz CT molecular complexity index is 984. The van der Waals surface area contributed by atoms with E-state index < -0.39 is 0 Å². The molecule has 2 saturated heterocycles. The summed E-state index contributed by atoms with van der Waals surface area (Å²) in [7, 11) is 1.69. The van der Waals surface area contributed by atoms with Crippen molar-refractivity contribution in [3.8, 4) is 5.75 Å². The molecule has 3 atom stereocenters. The van der Waals surface area contributed by atoms with Gasteiger partial charge in [-0.25, -0.2) is 10.4 Å². The first kappa shape index (κ1) is 17.2. The molecule has 2 aliphatic rings. The van der Waals surface area contributed by atoms with E-state index in [0.29, 0.717) is 25.0 Å². The smallest absolute Gasteiger partial charge is 0.289 e. The minimum atomic E-state index is -0.0414. The van der Waals surface area contributed by atoms with Gasteiger partial charge < -0.3 is 14.6 Å². The molecule has 3 aromatic rings. The number of likely N-dealkylation sites (tertiary alicyclic amines) is 1. The fraction of sp³-hybridized carbons (Fsp3) is 0.333. The van der Waals surface area contributed by atoms with Gasteiger partial charge in [-0.15, -0.1) is 0 Å². The molecule has 3 unspecified atom stereocenters. The van der Waals surface area contributed by atoms with Gasteiger partial charge in [0, 0.05) is 30.6 Å². The number of carbonyl (C=O) groups is 1. The Kier molecular flexibility index (Phi) is 4.26. The maximum absolute atomic E-state index is 13.1. The van der Waals surface area contributed by atoms with Gasteiger partial charge in [-0.1, -0.05) is 30.3 Å². The van der Waals surface area contributed by atoms with Crippen molar-refractivity contribution in [3.63, 3.8) is 0 Å². The zero-order chi connectivity index (χ0) is 19.1. The van der Waals surface area contributed by atoms with Gasteiger partial charge in [0.25, 0.3) is 5.91 Å². The lowest BCUT2D eigenvalue weighted by Gasteiger charge is -2.36. The van der Waals surface area contributed by atoms with Gasteiger partial charge in [-0.2, -0.15) is 0 Å². The van der Waals surface area contributed by atoms with Crippen LogP contribution in [0.25, 0.3) is 11.0 Å². The molecule has 1 aromatic heterocycles. The number of H-pyrrole nitrogens is 1. The maximum atomic E-state index is 13.1. The van der Waals surface area contributed by atoms with Crippen molar-refractivity contribution in [2.24, 2.45) is 5.92 Å². The summed E-state index contributed by atoms with van der Waals surface area (Å²) < 4.78 is 5.55. The standard InChI is InChI=1S/C21H23N5O2/c1-28-18-9-5-2-6-13(18)19-14-12-26(11-10-15(14)24-25-19)21(27)20-22-16-7-3-4-8-17(16)23-20/h2-9,14-15,19,24-25H,10-12H2,1H3,(H,22,23). The van der Waals surface area contributed by atoms with Crippen molar-refractivity contribution in [2.75, 3.05) is 20.2 Å². The van der Waals surface area contributed by atoms with Crippen LogP contribution in [0, 0.1) is 5.92 Å². The summed E-state index contributed by atoms with van der Waals surface area (Å²) in [4.78, 5) is 22.6. The van der Waals surface area contributed by atoms with Gasteiger partial charge in [0.2, 0.25) is 0 Å². The van der Waals surface area contributed by atoms with E-state index in [1.54, 1.807) is 7.11 Å². The Morgan fingerprint density at radius 1 is 1.14 bits per heavy atom. The van der Waals surface area contributed by atoms with E-state index in [9.17, 15) is 4.79 Å². The quantitative estimate of drug-likeness (QED) is 0.652. The van der Waals surface area contributed by atoms with Crippen LogP contribution in [0.1, 0.15) is 28.6 Å². The molecule has 28 heavy (non-hydrogen) atoms. The predicted octanol–water partition coefficient (Wildman–Crippen LogP) is 2.25. The van der Waals surface area contributed by atoms with E-state index in [1.165, 1.54) is 0 Å². The molecule has 1 amide bonds. The van der Waals surface area contributed by atoms with E-state index in [-0.39, 0.29) is 17.9 Å².